The van der Waals surface area contributed by atoms with E-state index in [0.29, 0.717) is 6.04 Å². The molecule has 0 aliphatic heterocycles. The lowest BCUT2D eigenvalue weighted by Crippen LogP contribution is -2.30. The van der Waals surface area contributed by atoms with E-state index in [0.717, 1.165) is 10.8 Å². The third-order valence-corrected chi connectivity index (χ3v) is 2.61. The fourth-order valence-corrected chi connectivity index (χ4v) is 1.91. The lowest BCUT2D eigenvalue weighted by Gasteiger charge is -2.10. The molecule has 0 unspecified atom stereocenters. The van der Waals surface area contributed by atoms with Gasteiger partial charge in [-0.15, -0.1) is 0 Å². The van der Waals surface area contributed by atoms with Crippen molar-refractivity contribution in [3.05, 3.63) is 29.3 Å². The van der Waals surface area contributed by atoms with Gasteiger partial charge in [-0.1, -0.05) is 6.07 Å². The van der Waals surface area contributed by atoms with Crippen molar-refractivity contribution >= 4 is 23.0 Å². The van der Waals surface area contributed by atoms with E-state index in [2.05, 4.69) is 42.7 Å². The summed E-state index contributed by atoms with van der Waals surface area (Å²) in [5.74, 6) is 0. The Labute approximate surface area is 96.1 Å². The first kappa shape index (κ1) is 10.4. The zero-order valence-electron chi connectivity index (χ0n) is 9.13. The monoisotopic (exact) mass is 220 g/mol. The highest BCUT2D eigenvalue weighted by molar-refractivity contribution is 7.80. The van der Waals surface area contributed by atoms with Crippen LogP contribution in [-0.4, -0.2) is 11.2 Å². The van der Waals surface area contributed by atoms with Gasteiger partial charge in [-0.2, -0.15) is 0 Å². The number of nitrogens with one attached hydrogen (secondary N) is 2. The highest BCUT2D eigenvalue weighted by Crippen LogP contribution is 2.19. The number of benzene rings is 1. The van der Waals surface area contributed by atoms with Crippen LogP contribution < -0.4 is 10.6 Å². The summed E-state index contributed by atoms with van der Waals surface area (Å²) in [5.41, 5.74) is 3.59. The highest BCUT2D eigenvalue weighted by Gasteiger charge is 2.21. The van der Waals surface area contributed by atoms with Gasteiger partial charge in [0.25, 0.3) is 0 Å². The molecule has 80 valence electrons. The van der Waals surface area contributed by atoms with Gasteiger partial charge in [0.1, 0.15) is 0 Å². The summed E-state index contributed by atoms with van der Waals surface area (Å²) in [6, 6.07) is 6.97. The lowest BCUT2D eigenvalue weighted by atomic mass is 10.1. The number of hydrogen-bond donors (Lipinski definition) is 2. The third-order valence-electron chi connectivity index (χ3n) is 2.39. The Morgan fingerprint density at radius 1 is 1.20 bits per heavy atom. The molecule has 2 rings (SSSR count). The molecule has 2 nitrogen and oxygen atoms in total. The van der Waals surface area contributed by atoms with Gasteiger partial charge < -0.3 is 10.6 Å². The molecule has 0 heterocycles. The average Bonchev–Trinajstić information content (AvgIpc) is 2.85. The first-order valence-corrected chi connectivity index (χ1v) is 5.70. The normalized spacial score (nSPS) is 14.8. The largest absolute Gasteiger partial charge is 0.360 e. The van der Waals surface area contributed by atoms with Gasteiger partial charge in [0.15, 0.2) is 5.11 Å². The van der Waals surface area contributed by atoms with Crippen molar-refractivity contribution in [2.24, 2.45) is 0 Å². The molecule has 3 heteroatoms. The fourth-order valence-electron chi connectivity index (χ4n) is 1.63. The first-order valence-electron chi connectivity index (χ1n) is 5.29. The highest BCUT2D eigenvalue weighted by atomic mass is 32.1. The van der Waals surface area contributed by atoms with Crippen LogP contribution in [0.2, 0.25) is 0 Å². The zero-order chi connectivity index (χ0) is 10.8. The molecule has 0 saturated heterocycles. The summed E-state index contributed by atoms with van der Waals surface area (Å²) in [7, 11) is 0. The SMILES string of the molecule is Cc1cc(C)cc(NC(=S)NC2CC2)c1. The maximum atomic E-state index is 5.22. The minimum atomic E-state index is 0.607. The zero-order valence-corrected chi connectivity index (χ0v) is 9.95. The summed E-state index contributed by atoms with van der Waals surface area (Å²) in [4.78, 5) is 0. The standard InChI is InChI=1S/C12H16N2S/c1-8-5-9(2)7-11(6-8)14-12(15)13-10-3-4-10/h5-7,10H,3-4H2,1-2H3,(H2,13,14,15). The van der Waals surface area contributed by atoms with Gasteiger partial charge in [-0.05, 0) is 62.2 Å². The van der Waals surface area contributed by atoms with Gasteiger partial charge in [0.2, 0.25) is 0 Å². The molecule has 1 aromatic carbocycles. The van der Waals surface area contributed by atoms with E-state index >= 15 is 0 Å². The number of hydrogen-bond acceptors (Lipinski definition) is 1. The van der Waals surface area contributed by atoms with Gasteiger partial charge in [0, 0.05) is 11.7 Å². The molecule has 1 aromatic rings. The predicted molar refractivity (Wildman–Crippen MR) is 68.3 cm³/mol. The maximum absolute atomic E-state index is 5.22. The summed E-state index contributed by atoms with van der Waals surface area (Å²) in [6.07, 6.45) is 2.49. The molecule has 0 bridgehead atoms. The average molecular weight is 220 g/mol. The molecule has 0 aromatic heterocycles. The second-order valence-corrected chi connectivity index (χ2v) is 4.66. The number of thiocarbonyl (C=S) groups is 1. The number of anilines is 1. The van der Waals surface area contributed by atoms with Crippen molar-refractivity contribution in [2.45, 2.75) is 32.7 Å². The summed E-state index contributed by atoms with van der Waals surface area (Å²) in [5, 5.41) is 7.22. The van der Waals surface area contributed by atoms with Crippen LogP contribution in [0.25, 0.3) is 0 Å². The van der Waals surface area contributed by atoms with E-state index in [1.165, 1.54) is 24.0 Å². The van der Waals surface area contributed by atoms with E-state index in [1.807, 2.05) is 0 Å². The molecule has 15 heavy (non-hydrogen) atoms. The lowest BCUT2D eigenvalue weighted by molar-refractivity contribution is 0.919. The van der Waals surface area contributed by atoms with E-state index in [-0.39, 0.29) is 0 Å². The quantitative estimate of drug-likeness (QED) is 0.749. The molecule has 1 aliphatic rings. The second-order valence-electron chi connectivity index (χ2n) is 4.25. The van der Waals surface area contributed by atoms with Crippen molar-refractivity contribution in [3.63, 3.8) is 0 Å². The van der Waals surface area contributed by atoms with Gasteiger partial charge in [-0.3, -0.25) is 0 Å². The Balaban J connectivity index is 1.99. The van der Waals surface area contributed by atoms with Gasteiger partial charge in [-0.25, -0.2) is 0 Å². The van der Waals surface area contributed by atoms with Crippen molar-refractivity contribution < 1.29 is 0 Å². The molecule has 0 radical (unpaired) electrons. The fraction of sp³-hybridized carbons (Fsp3) is 0.417. The Morgan fingerprint density at radius 3 is 2.33 bits per heavy atom. The molecule has 0 atom stereocenters. The van der Waals surface area contributed by atoms with E-state index in [4.69, 9.17) is 12.2 Å². The number of rotatable bonds is 2. The van der Waals surface area contributed by atoms with Crippen LogP contribution in [0.5, 0.6) is 0 Å². The van der Waals surface area contributed by atoms with E-state index in [9.17, 15) is 0 Å². The molecule has 0 amide bonds. The van der Waals surface area contributed by atoms with Crippen LogP contribution in [0.1, 0.15) is 24.0 Å². The minimum Gasteiger partial charge on any atom is -0.360 e. The van der Waals surface area contributed by atoms with Gasteiger partial charge >= 0.3 is 0 Å². The Hall–Kier alpha value is -1.09. The van der Waals surface area contributed by atoms with E-state index in [1.54, 1.807) is 0 Å². The molecule has 1 aliphatic carbocycles. The molecule has 0 spiro atoms. The van der Waals surface area contributed by atoms with Gasteiger partial charge in [0.05, 0.1) is 0 Å². The van der Waals surface area contributed by atoms with Crippen molar-refractivity contribution in [1.82, 2.24) is 5.32 Å². The van der Waals surface area contributed by atoms with Crippen LogP contribution in [0.15, 0.2) is 18.2 Å². The topological polar surface area (TPSA) is 24.1 Å². The second kappa shape index (κ2) is 4.19. The Kier molecular flexibility index (Phi) is 2.91. The minimum absolute atomic E-state index is 0.607. The molecule has 2 N–H and O–H groups in total. The Morgan fingerprint density at radius 2 is 1.80 bits per heavy atom. The van der Waals surface area contributed by atoms with Crippen molar-refractivity contribution in [1.29, 1.82) is 0 Å². The van der Waals surface area contributed by atoms with E-state index < -0.39 is 0 Å². The summed E-state index contributed by atoms with van der Waals surface area (Å²) < 4.78 is 0. The Bertz CT molecular complexity index is 363. The van der Waals surface area contributed by atoms with Crippen LogP contribution in [0.3, 0.4) is 0 Å². The predicted octanol–water partition coefficient (Wildman–Crippen LogP) is 2.75. The van der Waals surface area contributed by atoms with Crippen LogP contribution in [-0.2, 0) is 0 Å². The molecular formula is C12H16N2S. The first-order chi connectivity index (χ1) is 7.13. The molecule has 1 saturated carbocycles. The maximum Gasteiger partial charge on any atom is 0.170 e. The van der Waals surface area contributed by atoms with Crippen molar-refractivity contribution in [2.75, 3.05) is 5.32 Å². The summed E-state index contributed by atoms with van der Waals surface area (Å²) >= 11 is 5.22. The molecular weight excluding hydrogens is 204 g/mol. The molecule has 1 fully saturated rings. The van der Waals surface area contributed by atoms with Crippen LogP contribution in [0.4, 0.5) is 5.69 Å². The van der Waals surface area contributed by atoms with Crippen LogP contribution >= 0.6 is 12.2 Å². The van der Waals surface area contributed by atoms with Crippen LogP contribution in [0, 0.1) is 13.8 Å². The summed E-state index contributed by atoms with van der Waals surface area (Å²) in [6.45, 7) is 4.19. The third kappa shape index (κ3) is 3.20. The van der Waals surface area contributed by atoms with Crippen molar-refractivity contribution in [3.8, 4) is 0 Å². The number of aryl methyl sites for hydroxylation is 2. The smallest absolute Gasteiger partial charge is 0.170 e.